The second kappa shape index (κ2) is 6.85. The molecular formula is C17H11Cl3N2O2. The molecule has 7 heteroatoms. The number of nitrogens with one attached hydrogen (secondary N) is 1. The maximum atomic E-state index is 12.7. The van der Waals surface area contributed by atoms with E-state index < -0.39 is 5.91 Å². The van der Waals surface area contributed by atoms with Crippen LogP contribution >= 0.6 is 34.8 Å². The summed E-state index contributed by atoms with van der Waals surface area (Å²) in [5.41, 5.74) is 1.47. The number of carbonyl (C=O) groups is 1. The van der Waals surface area contributed by atoms with Gasteiger partial charge in [0.15, 0.2) is 0 Å². The number of nitrogens with zero attached hydrogens (tertiary/aromatic N) is 1. The number of hydrogen-bond acceptors (Lipinski definition) is 3. The number of benzene rings is 2. The van der Waals surface area contributed by atoms with Crippen LogP contribution in [-0.4, -0.2) is 11.1 Å². The standard InChI is InChI=1S/C17H11Cl3N2O2/c1-9-14(17(23)21-13-8-3-2-5-10(13)18)16(22-24-9)15-11(19)6-4-7-12(15)20/h2-8H,1H3,(H,21,23). The van der Waals surface area contributed by atoms with Gasteiger partial charge in [-0.3, -0.25) is 4.79 Å². The van der Waals surface area contributed by atoms with E-state index in [4.69, 9.17) is 39.3 Å². The van der Waals surface area contributed by atoms with E-state index in [1.54, 1.807) is 49.4 Å². The molecule has 1 aromatic heterocycles. The molecule has 0 aliphatic rings. The number of rotatable bonds is 3. The van der Waals surface area contributed by atoms with Gasteiger partial charge in [-0.1, -0.05) is 58.2 Å². The van der Waals surface area contributed by atoms with Crippen LogP contribution in [-0.2, 0) is 0 Å². The molecule has 122 valence electrons. The Hall–Kier alpha value is -2.01. The van der Waals surface area contributed by atoms with E-state index in [0.717, 1.165) is 0 Å². The van der Waals surface area contributed by atoms with Crippen molar-refractivity contribution in [2.75, 3.05) is 5.32 Å². The van der Waals surface area contributed by atoms with Crippen molar-refractivity contribution in [2.45, 2.75) is 6.92 Å². The maximum absolute atomic E-state index is 12.7. The van der Waals surface area contributed by atoms with E-state index in [0.29, 0.717) is 32.1 Å². The summed E-state index contributed by atoms with van der Waals surface area (Å²) in [5.74, 6) is -0.0571. The second-order valence-corrected chi connectivity index (χ2v) is 6.21. The fourth-order valence-corrected chi connectivity index (χ4v) is 3.04. The smallest absolute Gasteiger partial charge is 0.261 e. The van der Waals surface area contributed by atoms with Gasteiger partial charge in [0.25, 0.3) is 5.91 Å². The molecule has 1 amide bonds. The molecule has 0 radical (unpaired) electrons. The molecular weight excluding hydrogens is 371 g/mol. The average Bonchev–Trinajstić information content (AvgIpc) is 2.91. The van der Waals surface area contributed by atoms with E-state index in [1.165, 1.54) is 0 Å². The van der Waals surface area contributed by atoms with Crippen molar-refractivity contribution >= 4 is 46.4 Å². The molecule has 3 aromatic rings. The highest BCUT2D eigenvalue weighted by Gasteiger charge is 2.25. The van der Waals surface area contributed by atoms with E-state index in [-0.39, 0.29) is 11.3 Å². The molecule has 0 aliphatic heterocycles. The zero-order valence-electron chi connectivity index (χ0n) is 12.4. The fraction of sp³-hybridized carbons (Fsp3) is 0.0588. The third kappa shape index (κ3) is 3.13. The van der Waals surface area contributed by atoms with E-state index in [1.807, 2.05) is 0 Å². The van der Waals surface area contributed by atoms with Crippen LogP contribution in [0.1, 0.15) is 16.1 Å². The van der Waals surface area contributed by atoms with Crippen LogP contribution in [0.2, 0.25) is 15.1 Å². The van der Waals surface area contributed by atoms with Crippen molar-refractivity contribution in [3.63, 3.8) is 0 Å². The summed E-state index contributed by atoms with van der Waals surface area (Å²) >= 11 is 18.5. The number of aryl methyl sites for hydroxylation is 1. The van der Waals surface area contributed by atoms with Crippen LogP contribution in [0.25, 0.3) is 11.3 Å². The lowest BCUT2D eigenvalue weighted by molar-refractivity contribution is 0.102. The topological polar surface area (TPSA) is 55.1 Å². The molecule has 0 aliphatic carbocycles. The van der Waals surface area contributed by atoms with Gasteiger partial charge in [0.05, 0.1) is 20.8 Å². The Morgan fingerprint density at radius 2 is 1.62 bits per heavy atom. The second-order valence-electron chi connectivity index (χ2n) is 4.99. The molecule has 0 spiro atoms. The van der Waals surface area contributed by atoms with Gasteiger partial charge in [-0.05, 0) is 31.2 Å². The summed E-state index contributed by atoms with van der Waals surface area (Å²) in [5, 5.41) is 7.88. The molecule has 0 fully saturated rings. The summed E-state index contributed by atoms with van der Waals surface area (Å²) in [6.45, 7) is 1.64. The first-order valence-electron chi connectivity index (χ1n) is 6.95. The number of para-hydroxylation sites is 1. The number of halogens is 3. The van der Waals surface area contributed by atoms with Crippen LogP contribution < -0.4 is 5.32 Å². The third-order valence-corrected chi connectivity index (χ3v) is 4.37. The van der Waals surface area contributed by atoms with Crippen molar-refractivity contribution < 1.29 is 9.32 Å². The number of hydrogen-bond donors (Lipinski definition) is 1. The van der Waals surface area contributed by atoms with Crippen LogP contribution in [0.15, 0.2) is 47.0 Å². The molecule has 0 saturated heterocycles. The van der Waals surface area contributed by atoms with Crippen molar-refractivity contribution in [1.82, 2.24) is 5.16 Å². The van der Waals surface area contributed by atoms with Gasteiger partial charge in [-0.15, -0.1) is 0 Å². The summed E-state index contributed by atoms with van der Waals surface area (Å²) in [7, 11) is 0. The van der Waals surface area contributed by atoms with Crippen LogP contribution in [0.4, 0.5) is 5.69 Å². The van der Waals surface area contributed by atoms with E-state index in [9.17, 15) is 4.79 Å². The van der Waals surface area contributed by atoms with Gasteiger partial charge in [0, 0.05) is 5.56 Å². The SMILES string of the molecule is Cc1onc(-c2c(Cl)cccc2Cl)c1C(=O)Nc1ccccc1Cl. The van der Waals surface area contributed by atoms with E-state index in [2.05, 4.69) is 10.5 Å². The highest BCUT2D eigenvalue weighted by atomic mass is 35.5. The zero-order valence-corrected chi connectivity index (χ0v) is 14.7. The Kier molecular flexibility index (Phi) is 4.81. The fourth-order valence-electron chi connectivity index (χ4n) is 2.28. The molecule has 24 heavy (non-hydrogen) atoms. The predicted octanol–water partition coefficient (Wildman–Crippen LogP) is 5.86. The molecule has 0 saturated carbocycles. The minimum Gasteiger partial charge on any atom is -0.360 e. The van der Waals surface area contributed by atoms with Gasteiger partial charge in [0.2, 0.25) is 0 Å². The molecule has 2 aromatic carbocycles. The Morgan fingerprint density at radius 1 is 1.00 bits per heavy atom. The van der Waals surface area contributed by atoms with Crippen LogP contribution in [0.3, 0.4) is 0 Å². The van der Waals surface area contributed by atoms with Crippen LogP contribution in [0.5, 0.6) is 0 Å². The van der Waals surface area contributed by atoms with Gasteiger partial charge in [-0.25, -0.2) is 0 Å². The quantitative estimate of drug-likeness (QED) is 0.618. The zero-order chi connectivity index (χ0) is 17.3. The Labute approximate surface area is 153 Å². The summed E-state index contributed by atoms with van der Waals surface area (Å²) in [6, 6.07) is 12.0. The monoisotopic (exact) mass is 380 g/mol. The first kappa shape index (κ1) is 16.8. The molecule has 0 bridgehead atoms. The highest BCUT2D eigenvalue weighted by molar-refractivity contribution is 6.39. The van der Waals surface area contributed by atoms with Gasteiger partial charge >= 0.3 is 0 Å². The van der Waals surface area contributed by atoms with Gasteiger partial charge < -0.3 is 9.84 Å². The highest BCUT2D eigenvalue weighted by Crippen LogP contribution is 2.37. The molecule has 1 heterocycles. The minimum absolute atomic E-state index is 0.255. The first-order chi connectivity index (χ1) is 11.5. The predicted molar refractivity (Wildman–Crippen MR) is 96.1 cm³/mol. The Morgan fingerprint density at radius 3 is 2.29 bits per heavy atom. The largest absolute Gasteiger partial charge is 0.360 e. The van der Waals surface area contributed by atoms with Crippen molar-refractivity contribution in [2.24, 2.45) is 0 Å². The third-order valence-electron chi connectivity index (χ3n) is 3.41. The number of amides is 1. The maximum Gasteiger partial charge on any atom is 0.261 e. The van der Waals surface area contributed by atoms with Crippen molar-refractivity contribution in [1.29, 1.82) is 0 Å². The normalized spacial score (nSPS) is 10.7. The molecule has 3 rings (SSSR count). The number of anilines is 1. The van der Waals surface area contributed by atoms with Gasteiger partial charge in [-0.2, -0.15) is 0 Å². The summed E-state index contributed by atoms with van der Waals surface area (Å²) in [4.78, 5) is 12.7. The number of carbonyl (C=O) groups excluding carboxylic acids is 1. The van der Waals surface area contributed by atoms with Crippen LogP contribution in [0, 0.1) is 6.92 Å². The molecule has 4 nitrogen and oxygen atoms in total. The van der Waals surface area contributed by atoms with Crippen molar-refractivity contribution in [3.05, 3.63) is 68.9 Å². The molecule has 0 atom stereocenters. The first-order valence-corrected chi connectivity index (χ1v) is 8.09. The Bertz CT molecular complexity index is 902. The summed E-state index contributed by atoms with van der Waals surface area (Å²) < 4.78 is 5.19. The Balaban J connectivity index is 2.05. The molecule has 1 N–H and O–H groups in total. The summed E-state index contributed by atoms with van der Waals surface area (Å²) in [6.07, 6.45) is 0. The minimum atomic E-state index is -0.409. The lowest BCUT2D eigenvalue weighted by atomic mass is 10.1. The lowest BCUT2D eigenvalue weighted by Crippen LogP contribution is -2.14. The van der Waals surface area contributed by atoms with Crippen molar-refractivity contribution in [3.8, 4) is 11.3 Å². The van der Waals surface area contributed by atoms with E-state index >= 15 is 0 Å². The number of aromatic nitrogens is 1. The average molecular weight is 382 g/mol. The molecule has 0 unspecified atom stereocenters. The lowest BCUT2D eigenvalue weighted by Gasteiger charge is -2.09. The van der Waals surface area contributed by atoms with Gasteiger partial charge in [0.1, 0.15) is 17.0 Å².